The number of hydrogen-bond acceptors (Lipinski definition) is 3. The number of rotatable bonds is 5. The van der Waals surface area contributed by atoms with Gasteiger partial charge in [0, 0.05) is 41.2 Å². The summed E-state index contributed by atoms with van der Waals surface area (Å²) in [6.07, 6.45) is 1.68. The minimum absolute atomic E-state index is 0. The van der Waals surface area contributed by atoms with Crippen molar-refractivity contribution in [3.63, 3.8) is 0 Å². The molecule has 1 unspecified atom stereocenters. The van der Waals surface area contributed by atoms with Gasteiger partial charge in [0.1, 0.15) is 0 Å². The van der Waals surface area contributed by atoms with Gasteiger partial charge in [-0.3, -0.25) is 4.79 Å². The minimum Gasteiger partial charge on any atom is -0.341 e. The third-order valence-corrected chi connectivity index (χ3v) is 4.92. The van der Waals surface area contributed by atoms with Gasteiger partial charge in [-0.15, -0.1) is 24.2 Å². The number of benzene rings is 1. The Labute approximate surface area is 139 Å². The van der Waals surface area contributed by atoms with Crippen LogP contribution in [0.4, 0.5) is 0 Å². The van der Waals surface area contributed by atoms with Crippen LogP contribution in [0.25, 0.3) is 0 Å². The number of hydrogen-bond donors (Lipinski definition) is 1. The molecule has 0 aliphatic carbocycles. The third kappa shape index (κ3) is 5.28. The zero-order chi connectivity index (χ0) is 13.7. The molecular formula is C14H20BrClN2OS. The van der Waals surface area contributed by atoms with E-state index in [0.29, 0.717) is 12.5 Å². The molecule has 2 rings (SSSR count). The molecule has 0 radical (unpaired) electrons. The lowest BCUT2D eigenvalue weighted by atomic mass is 10.2. The van der Waals surface area contributed by atoms with Crippen molar-refractivity contribution in [3.8, 4) is 0 Å². The van der Waals surface area contributed by atoms with Crippen molar-refractivity contribution in [2.24, 2.45) is 0 Å². The van der Waals surface area contributed by atoms with Crippen LogP contribution in [-0.4, -0.2) is 42.7 Å². The molecule has 1 fully saturated rings. The molecule has 0 spiro atoms. The summed E-state index contributed by atoms with van der Waals surface area (Å²) in [7, 11) is 1.92. The summed E-state index contributed by atoms with van der Waals surface area (Å²) in [6.45, 7) is 1.96. The van der Waals surface area contributed by atoms with Gasteiger partial charge in [0.2, 0.25) is 5.91 Å². The first kappa shape index (κ1) is 17.8. The van der Waals surface area contributed by atoms with E-state index in [-0.39, 0.29) is 18.3 Å². The van der Waals surface area contributed by atoms with Gasteiger partial charge in [-0.2, -0.15) is 0 Å². The molecule has 1 N–H and O–H groups in total. The van der Waals surface area contributed by atoms with Crippen molar-refractivity contribution in [1.82, 2.24) is 10.2 Å². The molecule has 0 aromatic heterocycles. The van der Waals surface area contributed by atoms with Crippen LogP contribution in [0.3, 0.4) is 0 Å². The largest absolute Gasteiger partial charge is 0.341 e. The highest BCUT2D eigenvalue weighted by atomic mass is 79.9. The molecule has 1 heterocycles. The number of carbonyl (C=O) groups is 1. The Morgan fingerprint density at radius 2 is 2.15 bits per heavy atom. The average molecular weight is 380 g/mol. The second kappa shape index (κ2) is 8.93. The highest BCUT2D eigenvalue weighted by Crippen LogP contribution is 2.21. The topological polar surface area (TPSA) is 32.3 Å². The Balaban J connectivity index is 0.00000200. The molecule has 20 heavy (non-hydrogen) atoms. The van der Waals surface area contributed by atoms with Gasteiger partial charge in [-0.1, -0.05) is 15.9 Å². The Morgan fingerprint density at radius 3 is 2.75 bits per heavy atom. The molecule has 1 saturated heterocycles. The molecule has 0 saturated carbocycles. The van der Waals surface area contributed by atoms with Crippen LogP contribution < -0.4 is 5.32 Å². The van der Waals surface area contributed by atoms with E-state index in [1.807, 2.05) is 24.1 Å². The summed E-state index contributed by atoms with van der Waals surface area (Å²) in [5, 5.41) is 3.29. The Kier molecular flexibility index (Phi) is 7.95. The highest BCUT2D eigenvalue weighted by Gasteiger charge is 2.22. The fourth-order valence-electron chi connectivity index (χ4n) is 2.14. The van der Waals surface area contributed by atoms with Gasteiger partial charge >= 0.3 is 0 Å². The van der Waals surface area contributed by atoms with Crippen LogP contribution in [0.5, 0.6) is 0 Å². The highest BCUT2D eigenvalue weighted by molar-refractivity contribution is 9.10. The smallest absolute Gasteiger partial charge is 0.223 e. The molecule has 0 bridgehead atoms. The van der Waals surface area contributed by atoms with Crippen molar-refractivity contribution < 1.29 is 4.79 Å². The van der Waals surface area contributed by atoms with Crippen molar-refractivity contribution in [3.05, 3.63) is 28.7 Å². The first-order chi connectivity index (χ1) is 9.16. The van der Waals surface area contributed by atoms with Crippen LogP contribution in [-0.2, 0) is 4.79 Å². The third-order valence-electron chi connectivity index (χ3n) is 3.37. The number of halogens is 2. The van der Waals surface area contributed by atoms with E-state index in [1.165, 1.54) is 4.90 Å². The van der Waals surface area contributed by atoms with Crippen molar-refractivity contribution >= 4 is 46.0 Å². The summed E-state index contributed by atoms with van der Waals surface area (Å²) in [4.78, 5) is 15.2. The molecule has 6 heteroatoms. The zero-order valence-electron chi connectivity index (χ0n) is 11.5. The van der Waals surface area contributed by atoms with E-state index in [0.717, 1.165) is 29.7 Å². The van der Waals surface area contributed by atoms with E-state index >= 15 is 0 Å². The normalized spacial score (nSPS) is 17.6. The fourth-order valence-corrected chi connectivity index (χ4v) is 3.24. The van der Waals surface area contributed by atoms with Gasteiger partial charge in [-0.25, -0.2) is 0 Å². The van der Waals surface area contributed by atoms with Crippen LogP contribution in [0.1, 0.15) is 12.8 Å². The monoisotopic (exact) mass is 378 g/mol. The number of nitrogens with one attached hydrogen (secondary N) is 1. The molecule has 1 aromatic rings. The first-order valence-corrected chi connectivity index (χ1v) is 8.29. The molecule has 1 amide bonds. The van der Waals surface area contributed by atoms with Gasteiger partial charge in [0.15, 0.2) is 0 Å². The molecular weight excluding hydrogens is 360 g/mol. The zero-order valence-corrected chi connectivity index (χ0v) is 14.7. The molecule has 1 atom stereocenters. The van der Waals surface area contributed by atoms with Gasteiger partial charge in [0.05, 0.1) is 0 Å². The predicted octanol–water partition coefficient (Wildman–Crippen LogP) is 3.17. The average Bonchev–Trinajstić information content (AvgIpc) is 2.94. The Hall–Kier alpha value is -0.230. The van der Waals surface area contributed by atoms with Crippen LogP contribution in [0.2, 0.25) is 0 Å². The van der Waals surface area contributed by atoms with Gasteiger partial charge in [0.25, 0.3) is 0 Å². The number of nitrogens with zero attached hydrogens (tertiary/aromatic N) is 1. The lowest BCUT2D eigenvalue weighted by molar-refractivity contribution is -0.131. The summed E-state index contributed by atoms with van der Waals surface area (Å²) in [5.41, 5.74) is 0. The molecule has 3 nitrogen and oxygen atoms in total. The Bertz CT molecular complexity index is 424. The molecule has 1 aromatic carbocycles. The number of amides is 1. The van der Waals surface area contributed by atoms with Crippen LogP contribution in [0, 0.1) is 0 Å². The van der Waals surface area contributed by atoms with Crippen molar-refractivity contribution in [2.75, 3.05) is 25.9 Å². The first-order valence-electron chi connectivity index (χ1n) is 6.51. The van der Waals surface area contributed by atoms with Gasteiger partial charge in [-0.05, 0) is 37.2 Å². The van der Waals surface area contributed by atoms with E-state index in [1.54, 1.807) is 11.8 Å². The van der Waals surface area contributed by atoms with Crippen molar-refractivity contribution in [1.29, 1.82) is 0 Å². The van der Waals surface area contributed by atoms with Crippen LogP contribution >= 0.6 is 40.1 Å². The second-order valence-corrected chi connectivity index (χ2v) is 6.79. The van der Waals surface area contributed by atoms with Crippen LogP contribution in [0.15, 0.2) is 33.6 Å². The quantitative estimate of drug-likeness (QED) is 0.798. The fraction of sp³-hybridized carbons (Fsp3) is 0.500. The summed E-state index contributed by atoms with van der Waals surface area (Å²) < 4.78 is 1.08. The summed E-state index contributed by atoms with van der Waals surface area (Å²) >= 11 is 5.15. The molecule has 1 aliphatic rings. The number of carbonyl (C=O) groups excluding carboxylic acids is 1. The minimum atomic E-state index is 0. The standard InChI is InChI=1S/C14H19BrN2OS.ClH/c1-17(12-6-8-16-10-12)14(18)7-9-19-13-4-2-11(15)3-5-13;/h2-5,12,16H,6-10H2,1H3;1H. The Morgan fingerprint density at radius 1 is 1.45 bits per heavy atom. The van der Waals surface area contributed by atoms with E-state index < -0.39 is 0 Å². The second-order valence-electron chi connectivity index (χ2n) is 4.70. The lowest BCUT2D eigenvalue weighted by Gasteiger charge is -2.23. The maximum atomic E-state index is 12.1. The number of likely N-dealkylation sites (N-methyl/N-ethyl adjacent to an activating group) is 1. The molecule has 1 aliphatic heterocycles. The molecule has 112 valence electrons. The predicted molar refractivity (Wildman–Crippen MR) is 90.8 cm³/mol. The lowest BCUT2D eigenvalue weighted by Crippen LogP contribution is -2.38. The summed E-state index contributed by atoms with van der Waals surface area (Å²) in [6, 6.07) is 8.58. The van der Waals surface area contributed by atoms with E-state index in [9.17, 15) is 4.79 Å². The van der Waals surface area contributed by atoms with Crippen molar-refractivity contribution in [2.45, 2.75) is 23.8 Å². The van der Waals surface area contributed by atoms with Gasteiger partial charge < -0.3 is 10.2 Å². The van der Waals surface area contributed by atoms with E-state index in [2.05, 4.69) is 33.4 Å². The maximum absolute atomic E-state index is 12.1. The maximum Gasteiger partial charge on any atom is 0.223 e. The number of thioether (sulfide) groups is 1. The SMILES string of the molecule is CN(C(=O)CCSc1ccc(Br)cc1)C1CCNC1.Cl. The van der Waals surface area contributed by atoms with E-state index in [4.69, 9.17) is 0 Å². The summed E-state index contributed by atoms with van der Waals surface area (Å²) in [5.74, 6) is 1.09.